The Bertz CT molecular complexity index is 859. The molecule has 8 nitrogen and oxygen atoms in total. The van der Waals surface area contributed by atoms with Gasteiger partial charge in [-0.15, -0.1) is 0 Å². The maximum atomic E-state index is 12.6. The Hall–Kier alpha value is -3.00. The van der Waals surface area contributed by atoms with Gasteiger partial charge in [-0.1, -0.05) is 12.1 Å². The molecular weight excluding hydrogens is 419 g/mol. The fraction of sp³-hybridized carbons (Fsp3) is 0.550. The van der Waals surface area contributed by atoms with Crippen LogP contribution in [0, 0.1) is 6.57 Å². The van der Waals surface area contributed by atoms with Crippen molar-refractivity contribution in [3.05, 3.63) is 35.2 Å². The highest BCUT2D eigenvalue weighted by molar-refractivity contribution is 5.77. The highest BCUT2D eigenvalue weighted by atomic mass is 19.4. The molecule has 1 amide bonds. The van der Waals surface area contributed by atoms with Crippen molar-refractivity contribution < 1.29 is 37.3 Å². The molecular formula is C20H24F3N3O5. The molecule has 170 valence electrons. The lowest BCUT2D eigenvalue weighted by Crippen LogP contribution is -2.49. The number of carboxylic acid groups (broad SMARTS) is 1. The average molecular weight is 443 g/mol. The lowest BCUT2D eigenvalue weighted by atomic mass is 10.1. The fourth-order valence-electron chi connectivity index (χ4n) is 2.78. The monoisotopic (exact) mass is 443 g/mol. The minimum Gasteiger partial charge on any atom is -0.478 e. The average Bonchev–Trinajstić information content (AvgIpc) is 2.68. The van der Waals surface area contributed by atoms with Gasteiger partial charge in [0.2, 0.25) is 0 Å². The van der Waals surface area contributed by atoms with Crippen LogP contribution in [0.3, 0.4) is 0 Å². The van der Waals surface area contributed by atoms with Crippen molar-refractivity contribution in [1.82, 2.24) is 9.80 Å². The Morgan fingerprint density at radius 1 is 1.23 bits per heavy atom. The number of carbonyl (C=O) groups excluding carboxylic acids is 1. The number of hydrogen-bond acceptors (Lipinski definition) is 5. The van der Waals surface area contributed by atoms with Crippen LogP contribution in [0.1, 0.15) is 26.3 Å². The number of carboxylic acids is 1. The summed E-state index contributed by atoms with van der Waals surface area (Å²) in [7, 11) is 0. The molecule has 1 heterocycles. The molecule has 1 unspecified atom stereocenters. The van der Waals surface area contributed by atoms with Crippen LogP contribution in [0.4, 0.5) is 23.7 Å². The summed E-state index contributed by atoms with van der Waals surface area (Å²) in [6.07, 6.45) is -7.82. The summed E-state index contributed by atoms with van der Waals surface area (Å²) < 4.78 is 47.8. The molecule has 31 heavy (non-hydrogen) atoms. The van der Waals surface area contributed by atoms with Gasteiger partial charge in [0.1, 0.15) is 5.75 Å². The first kappa shape index (κ1) is 24.3. The van der Waals surface area contributed by atoms with Gasteiger partial charge in [-0.3, -0.25) is 4.90 Å². The van der Waals surface area contributed by atoms with Crippen LogP contribution in [-0.2, 0) is 16.1 Å². The van der Waals surface area contributed by atoms with Crippen molar-refractivity contribution >= 4 is 17.7 Å². The molecule has 0 bridgehead atoms. The second kappa shape index (κ2) is 9.43. The Labute approximate surface area is 177 Å². The highest BCUT2D eigenvalue weighted by Crippen LogP contribution is 2.30. The topological polar surface area (TPSA) is 83.7 Å². The van der Waals surface area contributed by atoms with Crippen LogP contribution in [0.2, 0.25) is 0 Å². The van der Waals surface area contributed by atoms with E-state index in [1.165, 1.54) is 24.8 Å². The van der Waals surface area contributed by atoms with Crippen LogP contribution in [0.15, 0.2) is 18.2 Å². The van der Waals surface area contributed by atoms with Crippen LogP contribution >= 0.6 is 0 Å². The van der Waals surface area contributed by atoms with Gasteiger partial charge in [-0.25, -0.2) is 14.4 Å². The second-order valence-corrected chi connectivity index (χ2v) is 7.65. The molecule has 0 radical (unpaired) electrons. The minimum absolute atomic E-state index is 0.181. The second-order valence-electron chi connectivity index (χ2n) is 7.65. The van der Waals surface area contributed by atoms with Crippen LogP contribution in [0.25, 0.3) is 4.85 Å². The van der Waals surface area contributed by atoms with E-state index in [9.17, 15) is 27.9 Å². The van der Waals surface area contributed by atoms with Gasteiger partial charge in [0, 0.05) is 38.3 Å². The maximum Gasteiger partial charge on any atom is 0.425 e. The van der Waals surface area contributed by atoms with Gasteiger partial charge < -0.3 is 19.5 Å². The van der Waals surface area contributed by atoms with Crippen LogP contribution < -0.4 is 4.74 Å². The number of nitrogens with zero attached hydrogens (tertiary/aromatic N) is 3. The minimum atomic E-state index is -4.62. The lowest BCUT2D eigenvalue weighted by molar-refractivity contribution is -0.200. The molecule has 1 aromatic carbocycles. The third-order valence-electron chi connectivity index (χ3n) is 4.82. The summed E-state index contributed by atoms with van der Waals surface area (Å²) in [4.78, 5) is 29.8. The van der Waals surface area contributed by atoms with Gasteiger partial charge in [-0.05, 0) is 26.8 Å². The standard InChI is InChI=1S/C20H24F3N3O5/c1-13(20(21,22)23)30-18(29)26-9-7-25(8-10-26)12-14-5-6-15(24-4)11-16(14)31-19(2,3)17(27)28/h5-6,11,13H,7-10,12H2,1-3H3,(H,27,28). The van der Waals surface area contributed by atoms with Gasteiger partial charge in [-0.2, -0.15) is 13.2 Å². The molecule has 1 aliphatic rings. The smallest absolute Gasteiger partial charge is 0.425 e. The third-order valence-corrected chi connectivity index (χ3v) is 4.82. The van der Waals surface area contributed by atoms with Crippen molar-refractivity contribution in [3.8, 4) is 5.75 Å². The quantitative estimate of drug-likeness (QED) is 0.676. The summed E-state index contributed by atoms with van der Waals surface area (Å²) in [6, 6.07) is 4.74. The number of aliphatic carboxylic acids is 1. The molecule has 1 atom stereocenters. The number of amides is 1. The molecule has 1 saturated heterocycles. The van der Waals surface area contributed by atoms with E-state index in [2.05, 4.69) is 9.58 Å². The van der Waals surface area contributed by atoms with Crippen molar-refractivity contribution in [2.45, 2.75) is 45.2 Å². The highest BCUT2D eigenvalue weighted by Gasteiger charge is 2.40. The first-order valence-corrected chi connectivity index (χ1v) is 9.51. The van der Waals surface area contributed by atoms with Crippen LogP contribution in [0.5, 0.6) is 5.75 Å². The van der Waals surface area contributed by atoms with Gasteiger partial charge >= 0.3 is 18.2 Å². The van der Waals surface area contributed by atoms with Crippen molar-refractivity contribution in [2.24, 2.45) is 0 Å². The molecule has 1 N–H and O–H groups in total. The number of piperazine rings is 1. The Kier molecular flexibility index (Phi) is 7.38. The third kappa shape index (κ3) is 6.49. The van der Waals surface area contributed by atoms with E-state index in [1.54, 1.807) is 12.1 Å². The van der Waals surface area contributed by atoms with E-state index in [0.717, 1.165) is 6.92 Å². The van der Waals surface area contributed by atoms with E-state index in [-0.39, 0.29) is 18.8 Å². The zero-order valence-corrected chi connectivity index (χ0v) is 17.4. The largest absolute Gasteiger partial charge is 0.478 e. The Morgan fingerprint density at radius 3 is 2.35 bits per heavy atom. The molecule has 11 heteroatoms. The van der Waals surface area contributed by atoms with E-state index >= 15 is 0 Å². The molecule has 0 aliphatic carbocycles. The first-order valence-electron chi connectivity index (χ1n) is 9.51. The van der Waals surface area contributed by atoms with Crippen molar-refractivity contribution in [1.29, 1.82) is 0 Å². The van der Waals surface area contributed by atoms with E-state index in [4.69, 9.17) is 11.3 Å². The molecule has 1 aromatic rings. The predicted octanol–water partition coefficient (Wildman–Crippen LogP) is 3.68. The molecule has 0 spiro atoms. The molecule has 0 aromatic heterocycles. The van der Waals surface area contributed by atoms with Crippen molar-refractivity contribution in [3.63, 3.8) is 0 Å². The van der Waals surface area contributed by atoms with E-state index in [0.29, 0.717) is 30.9 Å². The number of halogens is 3. The number of alkyl halides is 3. The zero-order chi connectivity index (χ0) is 23.4. The normalized spacial score (nSPS) is 16.4. The summed E-state index contributed by atoms with van der Waals surface area (Å²) in [5.41, 5.74) is -0.553. The summed E-state index contributed by atoms with van der Waals surface area (Å²) in [6.45, 7) is 12.2. The maximum absolute atomic E-state index is 12.6. The van der Waals surface area contributed by atoms with Crippen molar-refractivity contribution in [2.75, 3.05) is 26.2 Å². The predicted molar refractivity (Wildman–Crippen MR) is 104 cm³/mol. The lowest BCUT2D eigenvalue weighted by Gasteiger charge is -2.35. The molecule has 0 saturated carbocycles. The first-order chi connectivity index (χ1) is 14.3. The van der Waals surface area contributed by atoms with E-state index in [1.807, 2.05) is 4.90 Å². The zero-order valence-electron chi connectivity index (χ0n) is 17.4. The van der Waals surface area contributed by atoms with Crippen LogP contribution in [-0.4, -0.2) is 71.0 Å². The molecule has 2 rings (SSSR count). The fourth-order valence-corrected chi connectivity index (χ4v) is 2.78. The molecule has 1 fully saturated rings. The summed E-state index contributed by atoms with van der Waals surface area (Å²) in [5.74, 6) is -0.895. The van der Waals surface area contributed by atoms with Gasteiger partial charge in [0.25, 0.3) is 0 Å². The number of hydrogen-bond donors (Lipinski definition) is 1. The summed E-state index contributed by atoms with van der Waals surface area (Å²) in [5, 5.41) is 9.32. The summed E-state index contributed by atoms with van der Waals surface area (Å²) >= 11 is 0. The molecule has 1 aliphatic heterocycles. The van der Waals surface area contributed by atoms with Gasteiger partial charge in [0.05, 0.1) is 6.57 Å². The Morgan fingerprint density at radius 2 is 1.84 bits per heavy atom. The van der Waals surface area contributed by atoms with E-state index < -0.39 is 29.9 Å². The van der Waals surface area contributed by atoms with Gasteiger partial charge in [0.15, 0.2) is 17.4 Å². The number of benzene rings is 1. The number of rotatable bonds is 6. The number of carbonyl (C=O) groups is 2. The number of ether oxygens (including phenoxy) is 2. The SMILES string of the molecule is [C-]#[N+]c1ccc(CN2CCN(C(=O)OC(C)C(F)(F)F)CC2)c(OC(C)(C)C(=O)O)c1. The Balaban J connectivity index is 2.03.